The molecule has 3 nitrogen and oxygen atoms in total. The topological polar surface area (TPSA) is 27.1 Å². The predicted molar refractivity (Wildman–Crippen MR) is 85.6 cm³/mol. The van der Waals surface area contributed by atoms with Crippen molar-refractivity contribution in [2.75, 3.05) is 6.61 Å². The summed E-state index contributed by atoms with van der Waals surface area (Å²) >= 11 is 3.47. The van der Waals surface area contributed by atoms with E-state index in [-0.39, 0.29) is 5.41 Å². The average molecular weight is 337 g/mol. The monoisotopic (exact) mass is 336 g/mol. The van der Waals surface area contributed by atoms with Crippen LogP contribution in [0.15, 0.2) is 34.9 Å². The molecule has 1 heterocycles. The van der Waals surface area contributed by atoms with E-state index in [9.17, 15) is 0 Å². The molecule has 0 saturated carbocycles. The lowest BCUT2D eigenvalue weighted by molar-refractivity contribution is 0.340. The molecule has 0 aliphatic rings. The number of benzene rings is 1. The fourth-order valence-corrected chi connectivity index (χ4v) is 2.57. The summed E-state index contributed by atoms with van der Waals surface area (Å²) in [5.41, 5.74) is 2.44. The molecule has 0 amide bonds. The highest BCUT2D eigenvalue weighted by Gasteiger charge is 2.17. The maximum absolute atomic E-state index is 5.56. The molecule has 0 bridgehead atoms. The number of rotatable bonds is 4. The first-order chi connectivity index (χ1) is 9.39. The molecule has 2 rings (SSSR count). The second-order valence-corrected chi connectivity index (χ2v) is 6.85. The number of halogens is 1. The summed E-state index contributed by atoms with van der Waals surface area (Å²) in [5.74, 6) is 0.873. The van der Waals surface area contributed by atoms with Crippen molar-refractivity contribution in [1.29, 1.82) is 0 Å². The highest BCUT2D eigenvalue weighted by atomic mass is 79.9. The van der Waals surface area contributed by atoms with Crippen LogP contribution >= 0.6 is 15.9 Å². The minimum absolute atomic E-state index is 0.217. The lowest BCUT2D eigenvalue weighted by Gasteiger charge is -2.19. The summed E-state index contributed by atoms with van der Waals surface area (Å²) in [7, 11) is 0. The van der Waals surface area contributed by atoms with E-state index < -0.39 is 0 Å². The van der Waals surface area contributed by atoms with Gasteiger partial charge in [0, 0.05) is 11.8 Å². The highest BCUT2D eigenvalue weighted by Crippen LogP contribution is 2.26. The molecule has 1 aromatic carbocycles. The zero-order chi connectivity index (χ0) is 14.8. The predicted octanol–water partition coefficient (Wildman–Crippen LogP) is 4.62. The maximum atomic E-state index is 5.56. The molecule has 108 valence electrons. The van der Waals surface area contributed by atoms with E-state index in [4.69, 9.17) is 4.74 Å². The first-order valence-corrected chi connectivity index (χ1v) is 7.66. The third-order valence-electron chi connectivity index (χ3n) is 2.84. The second-order valence-electron chi connectivity index (χ2n) is 6.04. The second kappa shape index (κ2) is 6.00. The highest BCUT2D eigenvalue weighted by molar-refractivity contribution is 9.10. The summed E-state index contributed by atoms with van der Waals surface area (Å²) < 4.78 is 8.41. The Labute approximate surface area is 129 Å². The molecule has 0 atom stereocenters. The van der Waals surface area contributed by atoms with Gasteiger partial charge in [-0.1, -0.05) is 26.8 Å². The number of aromatic nitrogens is 2. The third kappa shape index (κ3) is 3.85. The van der Waals surface area contributed by atoms with E-state index >= 15 is 0 Å². The average Bonchev–Trinajstić information content (AvgIpc) is 2.68. The Kier molecular flexibility index (Phi) is 4.53. The summed E-state index contributed by atoms with van der Waals surface area (Å²) in [5, 5.41) is 4.54. The van der Waals surface area contributed by atoms with Crippen molar-refractivity contribution in [2.24, 2.45) is 5.41 Å². The Hall–Kier alpha value is -1.29. The van der Waals surface area contributed by atoms with Crippen LogP contribution in [0.2, 0.25) is 0 Å². The van der Waals surface area contributed by atoms with E-state index in [2.05, 4.69) is 47.9 Å². The smallest absolute Gasteiger partial charge is 0.128 e. The van der Waals surface area contributed by atoms with Crippen LogP contribution in [0, 0.1) is 5.41 Å². The number of hydrogen-bond acceptors (Lipinski definition) is 2. The zero-order valence-electron chi connectivity index (χ0n) is 12.5. The van der Waals surface area contributed by atoms with Crippen LogP contribution in [0.5, 0.6) is 5.75 Å². The summed E-state index contributed by atoms with van der Waals surface area (Å²) in [4.78, 5) is 0. The van der Waals surface area contributed by atoms with Gasteiger partial charge >= 0.3 is 0 Å². The Bertz CT molecular complexity index is 584. The minimum Gasteiger partial charge on any atom is -0.494 e. The van der Waals surface area contributed by atoms with Crippen molar-refractivity contribution in [2.45, 2.75) is 34.1 Å². The van der Waals surface area contributed by atoms with Gasteiger partial charge in [-0.3, -0.25) is 0 Å². The van der Waals surface area contributed by atoms with Crippen LogP contribution in [0.1, 0.15) is 33.4 Å². The van der Waals surface area contributed by atoms with Gasteiger partial charge in [-0.05, 0) is 52.9 Å². The molecule has 0 aliphatic carbocycles. The number of hydrogen-bond donors (Lipinski definition) is 0. The molecule has 0 saturated heterocycles. The maximum Gasteiger partial charge on any atom is 0.128 e. The van der Waals surface area contributed by atoms with E-state index in [1.54, 1.807) is 0 Å². The molecule has 2 aromatic rings. The quantitative estimate of drug-likeness (QED) is 0.814. The van der Waals surface area contributed by atoms with Gasteiger partial charge in [0.1, 0.15) is 10.4 Å². The first-order valence-electron chi connectivity index (χ1n) is 6.87. The van der Waals surface area contributed by atoms with Gasteiger partial charge in [0.15, 0.2) is 0 Å². The van der Waals surface area contributed by atoms with Crippen LogP contribution < -0.4 is 4.74 Å². The standard InChI is InChI=1S/C16H21BrN2O/c1-5-20-14-8-6-7-12(9-14)19-13(10-15(17)18-19)11-16(2,3)4/h6-10H,5,11H2,1-4H3. The van der Waals surface area contributed by atoms with Crippen molar-refractivity contribution in [3.63, 3.8) is 0 Å². The van der Waals surface area contributed by atoms with E-state index in [1.165, 1.54) is 5.69 Å². The lowest BCUT2D eigenvalue weighted by atomic mass is 9.90. The summed E-state index contributed by atoms with van der Waals surface area (Å²) in [6, 6.07) is 10.1. The van der Waals surface area contributed by atoms with Crippen LogP contribution in [0.4, 0.5) is 0 Å². The first kappa shape index (κ1) is 15.1. The van der Waals surface area contributed by atoms with Crippen LogP contribution in [0.3, 0.4) is 0 Å². The third-order valence-corrected chi connectivity index (χ3v) is 3.23. The minimum atomic E-state index is 0.217. The molecule has 0 spiro atoms. The molecule has 0 fully saturated rings. The molecule has 4 heteroatoms. The van der Waals surface area contributed by atoms with E-state index in [0.29, 0.717) is 6.61 Å². The molecule has 20 heavy (non-hydrogen) atoms. The normalized spacial score (nSPS) is 11.7. The lowest BCUT2D eigenvalue weighted by Crippen LogP contribution is -2.13. The van der Waals surface area contributed by atoms with Crippen molar-refractivity contribution in [3.05, 3.63) is 40.6 Å². The summed E-state index contributed by atoms with van der Waals surface area (Å²) in [6.07, 6.45) is 0.963. The Morgan fingerprint density at radius 2 is 2.00 bits per heavy atom. The van der Waals surface area contributed by atoms with Crippen LogP contribution in [-0.2, 0) is 6.42 Å². The fourth-order valence-electron chi connectivity index (χ4n) is 2.15. The molecule has 0 radical (unpaired) electrons. The van der Waals surface area contributed by atoms with Gasteiger partial charge in [0.05, 0.1) is 12.3 Å². The molecule has 1 aromatic heterocycles. The molecule has 0 N–H and O–H groups in total. The van der Waals surface area contributed by atoms with Crippen molar-refractivity contribution < 1.29 is 4.74 Å². The van der Waals surface area contributed by atoms with Crippen molar-refractivity contribution in [3.8, 4) is 11.4 Å². The zero-order valence-corrected chi connectivity index (χ0v) is 14.1. The van der Waals surface area contributed by atoms with Gasteiger partial charge in [-0.2, -0.15) is 5.10 Å². The van der Waals surface area contributed by atoms with Gasteiger partial charge in [-0.25, -0.2) is 4.68 Å². The molecular weight excluding hydrogens is 316 g/mol. The van der Waals surface area contributed by atoms with Gasteiger partial charge in [0.2, 0.25) is 0 Å². The molecule has 0 unspecified atom stereocenters. The van der Waals surface area contributed by atoms with Gasteiger partial charge < -0.3 is 4.74 Å². The van der Waals surface area contributed by atoms with Crippen molar-refractivity contribution in [1.82, 2.24) is 9.78 Å². The van der Waals surface area contributed by atoms with Crippen LogP contribution in [0.25, 0.3) is 5.69 Å². The Balaban J connectivity index is 2.39. The fraction of sp³-hybridized carbons (Fsp3) is 0.438. The number of nitrogens with zero attached hydrogens (tertiary/aromatic N) is 2. The molecular formula is C16H21BrN2O. The van der Waals surface area contributed by atoms with E-state index in [1.807, 2.05) is 35.9 Å². The van der Waals surface area contributed by atoms with Gasteiger partial charge in [0.25, 0.3) is 0 Å². The molecule has 0 aliphatic heterocycles. The Morgan fingerprint density at radius 3 is 2.65 bits per heavy atom. The number of ether oxygens (including phenoxy) is 1. The van der Waals surface area contributed by atoms with E-state index in [0.717, 1.165) is 22.5 Å². The summed E-state index contributed by atoms with van der Waals surface area (Å²) in [6.45, 7) is 9.35. The van der Waals surface area contributed by atoms with Crippen LogP contribution in [-0.4, -0.2) is 16.4 Å². The largest absolute Gasteiger partial charge is 0.494 e. The Morgan fingerprint density at radius 1 is 1.25 bits per heavy atom. The van der Waals surface area contributed by atoms with Crippen molar-refractivity contribution >= 4 is 15.9 Å². The SMILES string of the molecule is CCOc1cccc(-n2nc(Br)cc2CC(C)(C)C)c1. The van der Waals surface area contributed by atoms with Gasteiger partial charge in [-0.15, -0.1) is 0 Å².